The highest BCUT2D eigenvalue weighted by atomic mass is 32.2. The van der Waals surface area contributed by atoms with Gasteiger partial charge in [0.1, 0.15) is 16.7 Å². The van der Waals surface area contributed by atoms with Crippen molar-refractivity contribution in [3.63, 3.8) is 0 Å². The predicted octanol–water partition coefficient (Wildman–Crippen LogP) is 5.24. The largest absolute Gasteiger partial charge is 0.451 e. The number of hydrogen-bond acceptors (Lipinski definition) is 6. The van der Waals surface area contributed by atoms with Gasteiger partial charge in [0.25, 0.3) is 5.91 Å². The molecule has 2 heterocycles. The lowest BCUT2D eigenvalue weighted by Crippen LogP contribution is -2.62. The number of nitrogens with one attached hydrogen (secondary N) is 2. The molecule has 3 fully saturated rings. The molecule has 2 amide bonds. The van der Waals surface area contributed by atoms with Gasteiger partial charge < -0.3 is 19.8 Å². The summed E-state index contributed by atoms with van der Waals surface area (Å²) in [4.78, 5) is 27.3. The van der Waals surface area contributed by atoms with E-state index in [0.29, 0.717) is 37.0 Å². The quantitative estimate of drug-likeness (QED) is 0.386. The van der Waals surface area contributed by atoms with E-state index in [2.05, 4.69) is 16.7 Å². The monoisotopic (exact) mass is 595 g/mol. The Hall–Kier alpha value is -3.62. The van der Waals surface area contributed by atoms with Crippen LogP contribution in [-0.2, 0) is 20.3 Å². The third kappa shape index (κ3) is 5.70. The summed E-state index contributed by atoms with van der Waals surface area (Å²) in [5.74, 6) is -4.27. The number of halogens is 2. The van der Waals surface area contributed by atoms with Crippen molar-refractivity contribution in [3.8, 4) is 17.2 Å². The van der Waals surface area contributed by atoms with Crippen LogP contribution < -0.4 is 10.6 Å². The number of rotatable bonds is 7. The van der Waals surface area contributed by atoms with Crippen molar-refractivity contribution in [2.45, 2.75) is 78.5 Å². The highest BCUT2D eigenvalue weighted by Gasteiger charge is 2.53. The molecule has 0 radical (unpaired) electrons. The van der Waals surface area contributed by atoms with Crippen molar-refractivity contribution < 1.29 is 31.7 Å². The van der Waals surface area contributed by atoms with E-state index in [1.807, 2.05) is 36.4 Å². The van der Waals surface area contributed by atoms with Crippen LogP contribution in [0.5, 0.6) is 0 Å². The number of ether oxygens (including phenoxy) is 1. The van der Waals surface area contributed by atoms with Gasteiger partial charge in [0.15, 0.2) is 5.76 Å². The van der Waals surface area contributed by atoms with Crippen LogP contribution in [0, 0.1) is 11.3 Å². The highest BCUT2D eigenvalue weighted by molar-refractivity contribution is 7.85. The number of hydrogen-bond donors (Lipinski definition) is 2. The topological polar surface area (TPSA) is 121 Å². The molecule has 2 aliphatic carbocycles. The Bertz CT molecular complexity index is 1580. The van der Waals surface area contributed by atoms with Gasteiger partial charge in [-0.1, -0.05) is 24.3 Å². The number of carbonyl (C=O) groups excluding carboxylic acids is 2. The van der Waals surface area contributed by atoms with Gasteiger partial charge in [0.2, 0.25) is 11.8 Å². The molecule has 1 unspecified atom stereocenters. The van der Waals surface area contributed by atoms with E-state index in [9.17, 15) is 27.8 Å². The fraction of sp³-hybridized carbons (Fsp3) is 0.452. The molecule has 2 saturated carbocycles. The second kappa shape index (κ2) is 10.9. The molecule has 220 valence electrons. The van der Waals surface area contributed by atoms with Crippen molar-refractivity contribution in [2.75, 3.05) is 13.2 Å². The van der Waals surface area contributed by atoms with E-state index in [0.717, 1.165) is 28.9 Å². The number of fused-ring (bicyclic) bond motifs is 1. The fourth-order valence-electron chi connectivity index (χ4n) is 5.64. The van der Waals surface area contributed by atoms with E-state index in [4.69, 9.17) is 9.15 Å². The average molecular weight is 596 g/mol. The zero-order valence-electron chi connectivity index (χ0n) is 22.9. The Morgan fingerprint density at radius 2 is 1.57 bits per heavy atom. The third-order valence-electron chi connectivity index (χ3n) is 8.57. The lowest BCUT2D eigenvalue weighted by atomic mass is 9.78. The van der Waals surface area contributed by atoms with Gasteiger partial charge in [-0.25, -0.2) is 8.78 Å². The van der Waals surface area contributed by atoms with E-state index in [1.165, 1.54) is 0 Å². The van der Waals surface area contributed by atoms with Crippen molar-refractivity contribution >= 4 is 33.6 Å². The maximum absolute atomic E-state index is 14.0. The van der Waals surface area contributed by atoms with Crippen LogP contribution >= 0.6 is 0 Å². The molecule has 3 aromatic rings. The van der Waals surface area contributed by atoms with Crippen molar-refractivity contribution in [3.05, 3.63) is 54.3 Å². The summed E-state index contributed by atoms with van der Waals surface area (Å²) < 4.78 is 52.2. The summed E-state index contributed by atoms with van der Waals surface area (Å²) in [6.45, 7) is 1.26. The van der Waals surface area contributed by atoms with Gasteiger partial charge in [0.05, 0.1) is 16.9 Å². The molecule has 3 aliphatic rings. The first-order valence-corrected chi connectivity index (χ1v) is 15.4. The van der Waals surface area contributed by atoms with Gasteiger partial charge in [-0.3, -0.25) is 13.8 Å². The predicted molar refractivity (Wildman–Crippen MR) is 151 cm³/mol. The number of nitriles is 1. The number of benzene rings is 2. The molecule has 2 aromatic carbocycles. The second-order valence-electron chi connectivity index (χ2n) is 11.5. The number of nitrogens with zero attached hydrogens (tertiary/aromatic N) is 1. The van der Waals surface area contributed by atoms with Gasteiger partial charge in [-0.05, 0) is 73.9 Å². The summed E-state index contributed by atoms with van der Waals surface area (Å²) in [7, 11) is -1.11. The molecule has 1 saturated heterocycles. The molecule has 0 bridgehead atoms. The Morgan fingerprint density at radius 1 is 0.905 bits per heavy atom. The summed E-state index contributed by atoms with van der Waals surface area (Å²) in [6.07, 6.45) is 0.917. The maximum Gasteiger partial charge on any atom is 0.287 e. The zero-order valence-corrected chi connectivity index (χ0v) is 23.7. The molecule has 11 heteroatoms. The van der Waals surface area contributed by atoms with Crippen LogP contribution in [0.15, 0.2) is 57.8 Å². The van der Waals surface area contributed by atoms with Gasteiger partial charge in [0, 0.05) is 41.6 Å². The molecule has 42 heavy (non-hydrogen) atoms. The van der Waals surface area contributed by atoms with Crippen molar-refractivity contribution in [1.82, 2.24) is 10.6 Å². The Kier molecular flexibility index (Phi) is 7.39. The van der Waals surface area contributed by atoms with Crippen LogP contribution in [0.2, 0.25) is 0 Å². The first-order chi connectivity index (χ1) is 20.1. The SMILES string of the molecule is N#CC1(NC(=O)C2(NC(=O)c3cc4ccc(-c5ccc(S(=O)C6CCOCC6)cc5)cc4o3)CCC(F)(F)CC2)CC1. The lowest BCUT2D eigenvalue weighted by molar-refractivity contribution is -0.133. The Balaban J connectivity index is 1.19. The molecular weight excluding hydrogens is 564 g/mol. The first-order valence-electron chi connectivity index (χ1n) is 14.2. The fourth-order valence-corrected chi connectivity index (χ4v) is 7.05. The Morgan fingerprint density at radius 3 is 2.21 bits per heavy atom. The molecule has 2 N–H and O–H groups in total. The second-order valence-corrected chi connectivity index (χ2v) is 13.3. The summed E-state index contributed by atoms with van der Waals surface area (Å²) in [5, 5.41) is 15.5. The van der Waals surface area contributed by atoms with Crippen molar-refractivity contribution in [2.24, 2.45) is 0 Å². The molecule has 8 nitrogen and oxygen atoms in total. The summed E-state index contributed by atoms with van der Waals surface area (Å²) in [5.41, 5.74) is -0.395. The number of alkyl halides is 2. The average Bonchev–Trinajstić information content (AvgIpc) is 3.65. The smallest absolute Gasteiger partial charge is 0.287 e. The van der Waals surface area contributed by atoms with Crippen LogP contribution in [0.4, 0.5) is 8.78 Å². The van der Waals surface area contributed by atoms with E-state index in [-0.39, 0.29) is 23.9 Å². The van der Waals surface area contributed by atoms with E-state index < -0.39 is 52.5 Å². The van der Waals surface area contributed by atoms with Crippen LogP contribution in [0.1, 0.15) is 61.9 Å². The van der Waals surface area contributed by atoms with Gasteiger partial charge in [-0.2, -0.15) is 5.26 Å². The number of carbonyl (C=O) groups is 2. The van der Waals surface area contributed by atoms with E-state index >= 15 is 0 Å². The molecular formula is C31H31F2N3O5S. The molecule has 1 aliphatic heterocycles. The van der Waals surface area contributed by atoms with E-state index in [1.54, 1.807) is 12.1 Å². The third-order valence-corrected chi connectivity index (χ3v) is 10.4. The maximum atomic E-state index is 14.0. The number of amides is 2. The molecule has 0 spiro atoms. The first kappa shape index (κ1) is 28.5. The molecule has 1 atom stereocenters. The Labute approximate surface area is 244 Å². The lowest BCUT2D eigenvalue weighted by Gasteiger charge is -2.39. The minimum Gasteiger partial charge on any atom is -0.451 e. The van der Waals surface area contributed by atoms with Crippen LogP contribution in [0.25, 0.3) is 22.1 Å². The standard InChI is InChI=1S/C31H31F2N3O5S/c32-31(33)13-11-30(12-14-31,28(38)36-29(19-34)9-10-29)35-27(37)26-18-22-2-1-21(17-25(22)41-26)20-3-5-23(6-4-20)42(39)24-7-15-40-16-8-24/h1-6,17-18,24H,7-16H2,(H,35,37)(H,36,38). The van der Waals surface area contributed by atoms with Crippen LogP contribution in [-0.4, -0.2) is 51.5 Å². The van der Waals surface area contributed by atoms with Crippen molar-refractivity contribution in [1.29, 1.82) is 5.26 Å². The zero-order chi connectivity index (χ0) is 29.5. The van der Waals surface area contributed by atoms with Gasteiger partial charge in [-0.15, -0.1) is 0 Å². The number of furan rings is 1. The van der Waals surface area contributed by atoms with Gasteiger partial charge >= 0.3 is 0 Å². The minimum absolute atomic E-state index is 0.0460. The highest BCUT2D eigenvalue weighted by Crippen LogP contribution is 2.41. The summed E-state index contributed by atoms with van der Waals surface area (Å²) in [6, 6.07) is 16.6. The van der Waals surface area contributed by atoms with Crippen LogP contribution in [0.3, 0.4) is 0 Å². The summed E-state index contributed by atoms with van der Waals surface area (Å²) >= 11 is 0. The molecule has 1 aromatic heterocycles. The minimum atomic E-state index is -2.92. The normalized spacial score (nSPS) is 21.6. The molecule has 6 rings (SSSR count).